The summed E-state index contributed by atoms with van der Waals surface area (Å²) in [5.74, 6) is 4.44. The van der Waals surface area contributed by atoms with Gasteiger partial charge >= 0.3 is 5.97 Å². The molecule has 1 aromatic carbocycles. The SMILES string of the molecule is O=C(O)C=CC#Cc1ccccc1. The van der Waals surface area contributed by atoms with Gasteiger partial charge in [0.2, 0.25) is 0 Å². The van der Waals surface area contributed by atoms with Crippen molar-refractivity contribution in [2.45, 2.75) is 0 Å². The lowest BCUT2D eigenvalue weighted by Crippen LogP contribution is -1.84. The molecule has 0 fully saturated rings. The minimum Gasteiger partial charge on any atom is -0.478 e. The summed E-state index contributed by atoms with van der Waals surface area (Å²) in [7, 11) is 0. The molecule has 1 aromatic rings. The Labute approximate surface area is 76.5 Å². The molecule has 2 nitrogen and oxygen atoms in total. The summed E-state index contributed by atoms with van der Waals surface area (Å²) in [5.41, 5.74) is 0.873. The highest BCUT2D eigenvalue weighted by Crippen LogP contribution is 1.94. The van der Waals surface area contributed by atoms with Crippen LogP contribution in [0.25, 0.3) is 0 Å². The van der Waals surface area contributed by atoms with Crippen LogP contribution in [0.2, 0.25) is 0 Å². The van der Waals surface area contributed by atoms with Crippen molar-refractivity contribution in [2.75, 3.05) is 0 Å². The first kappa shape index (κ1) is 9.08. The Balaban J connectivity index is 2.64. The predicted molar refractivity (Wildman–Crippen MR) is 50.1 cm³/mol. The maximum atomic E-state index is 10.1. The summed E-state index contributed by atoms with van der Waals surface area (Å²) in [4.78, 5) is 10.1. The lowest BCUT2D eigenvalue weighted by atomic mass is 10.2. The Morgan fingerprint density at radius 1 is 1.31 bits per heavy atom. The molecule has 0 heterocycles. The highest BCUT2D eigenvalue weighted by atomic mass is 16.4. The molecule has 0 aliphatic carbocycles. The van der Waals surface area contributed by atoms with E-state index in [4.69, 9.17) is 5.11 Å². The van der Waals surface area contributed by atoms with E-state index >= 15 is 0 Å². The van der Waals surface area contributed by atoms with Crippen molar-refractivity contribution in [2.24, 2.45) is 0 Å². The summed E-state index contributed by atoms with van der Waals surface area (Å²) in [6, 6.07) is 9.39. The number of aliphatic carboxylic acids is 1. The number of allylic oxidation sites excluding steroid dienone is 1. The van der Waals surface area contributed by atoms with Gasteiger partial charge in [0.15, 0.2) is 0 Å². The normalized spacial score (nSPS) is 9.23. The molecule has 13 heavy (non-hydrogen) atoms. The van der Waals surface area contributed by atoms with Gasteiger partial charge in [0.05, 0.1) is 0 Å². The highest BCUT2D eigenvalue weighted by Gasteiger charge is 1.81. The minimum atomic E-state index is -0.984. The molecule has 0 amide bonds. The first-order chi connectivity index (χ1) is 6.29. The van der Waals surface area contributed by atoms with E-state index in [1.54, 1.807) is 0 Å². The molecule has 0 radical (unpaired) electrons. The number of carboxylic acids is 1. The summed E-state index contributed by atoms with van der Waals surface area (Å²) >= 11 is 0. The van der Waals surface area contributed by atoms with Crippen LogP contribution in [0.3, 0.4) is 0 Å². The number of carboxylic acid groups (broad SMARTS) is 1. The number of hydrogen-bond donors (Lipinski definition) is 1. The Kier molecular flexibility index (Phi) is 3.34. The summed E-state index contributed by atoms with van der Waals surface area (Å²) in [6.07, 6.45) is 2.32. The number of carbonyl (C=O) groups is 1. The summed E-state index contributed by atoms with van der Waals surface area (Å²) < 4.78 is 0. The third-order valence-corrected chi connectivity index (χ3v) is 1.30. The van der Waals surface area contributed by atoms with E-state index in [-0.39, 0.29) is 0 Å². The second-order valence-electron chi connectivity index (χ2n) is 2.31. The van der Waals surface area contributed by atoms with Gasteiger partial charge in [-0.25, -0.2) is 4.79 Å². The van der Waals surface area contributed by atoms with Crippen molar-refractivity contribution >= 4 is 5.97 Å². The fourth-order valence-corrected chi connectivity index (χ4v) is 0.759. The molecule has 2 heteroatoms. The maximum absolute atomic E-state index is 10.1. The van der Waals surface area contributed by atoms with Crippen molar-refractivity contribution in [3.05, 3.63) is 48.0 Å². The minimum absolute atomic E-state index is 0.873. The zero-order chi connectivity index (χ0) is 9.52. The van der Waals surface area contributed by atoms with Gasteiger partial charge in [0.25, 0.3) is 0 Å². The highest BCUT2D eigenvalue weighted by molar-refractivity contribution is 5.80. The van der Waals surface area contributed by atoms with Crippen LogP contribution in [0.1, 0.15) is 5.56 Å². The van der Waals surface area contributed by atoms with Crippen molar-refractivity contribution in [1.29, 1.82) is 0 Å². The number of hydrogen-bond acceptors (Lipinski definition) is 1. The van der Waals surface area contributed by atoms with Gasteiger partial charge in [0, 0.05) is 11.6 Å². The average Bonchev–Trinajstić information content (AvgIpc) is 2.14. The number of benzene rings is 1. The third-order valence-electron chi connectivity index (χ3n) is 1.30. The molecule has 64 valence electrons. The fourth-order valence-electron chi connectivity index (χ4n) is 0.759. The van der Waals surface area contributed by atoms with Crippen molar-refractivity contribution in [3.63, 3.8) is 0 Å². The van der Waals surface area contributed by atoms with E-state index in [1.165, 1.54) is 6.08 Å². The van der Waals surface area contributed by atoms with Crippen LogP contribution in [0.15, 0.2) is 42.5 Å². The molecule has 0 saturated heterocycles. The maximum Gasteiger partial charge on any atom is 0.328 e. The molecule has 0 unspecified atom stereocenters. The van der Waals surface area contributed by atoms with Gasteiger partial charge < -0.3 is 5.11 Å². The van der Waals surface area contributed by atoms with Gasteiger partial charge in [-0.05, 0) is 18.2 Å². The lowest BCUT2D eigenvalue weighted by Gasteiger charge is -1.84. The average molecular weight is 172 g/mol. The molecule has 0 aromatic heterocycles. The molecule has 0 aliphatic heterocycles. The standard InChI is InChI=1S/C11H8O2/c12-11(13)9-5-4-8-10-6-2-1-3-7-10/h1-3,5-7,9H,(H,12,13). The molecule has 0 saturated carbocycles. The topological polar surface area (TPSA) is 37.3 Å². The second kappa shape index (κ2) is 4.78. The predicted octanol–water partition coefficient (Wildman–Crippen LogP) is 1.68. The van der Waals surface area contributed by atoms with Crippen LogP contribution in [0, 0.1) is 11.8 Å². The Bertz CT molecular complexity index is 366. The largest absolute Gasteiger partial charge is 0.478 e. The monoisotopic (exact) mass is 172 g/mol. The molecular formula is C11H8O2. The van der Waals surface area contributed by atoms with Crippen LogP contribution in [-0.2, 0) is 4.79 Å². The smallest absolute Gasteiger partial charge is 0.328 e. The zero-order valence-corrected chi connectivity index (χ0v) is 6.90. The lowest BCUT2D eigenvalue weighted by molar-refractivity contribution is -0.131. The summed E-state index contributed by atoms with van der Waals surface area (Å²) in [5, 5.41) is 8.26. The molecule has 1 N–H and O–H groups in total. The zero-order valence-electron chi connectivity index (χ0n) is 6.90. The Hall–Kier alpha value is -2.01. The van der Waals surface area contributed by atoms with Gasteiger partial charge in [-0.2, -0.15) is 0 Å². The van der Waals surface area contributed by atoms with Crippen LogP contribution in [-0.4, -0.2) is 11.1 Å². The summed E-state index contributed by atoms with van der Waals surface area (Å²) in [6.45, 7) is 0. The molecular weight excluding hydrogens is 164 g/mol. The fraction of sp³-hybridized carbons (Fsp3) is 0. The van der Waals surface area contributed by atoms with Crippen molar-refractivity contribution in [1.82, 2.24) is 0 Å². The van der Waals surface area contributed by atoms with Crippen LogP contribution in [0.4, 0.5) is 0 Å². The Morgan fingerprint density at radius 2 is 2.00 bits per heavy atom. The molecule has 1 rings (SSSR count). The van der Waals surface area contributed by atoms with Gasteiger partial charge in [-0.3, -0.25) is 0 Å². The molecule has 0 atom stereocenters. The van der Waals surface area contributed by atoms with Crippen LogP contribution >= 0.6 is 0 Å². The second-order valence-corrected chi connectivity index (χ2v) is 2.31. The van der Waals surface area contributed by atoms with E-state index < -0.39 is 5.97 Å². The van der Waals surface area contributed by atoms with Crippen molar-refractivity contribution in [3.8, 4) is 11.8 Å². The van der Waals surface area contributed by atoms with E-state index in [1.807, 2.05) is 30.3 Å². The van der Waals surface area contributed by atoms with Gasteiger partial charge in [0.1, 0.15) is 0 Å². The molecule has 0 spiro atoms. The van der Waals surface area contributed by atoms with E-state index in [0.717, 1.165) is 11.6 Å². The van der Waals surface area contributed by atoms with E-state index in [0.29, 0.717) is 0 Å². The van der Waals surface area contributed by atoms with Gasteiger partial charge in [-0.1, -0.05) is 30.0 Å². The quantitative estimate of drug-likeness (QED) is 0.517. The molecule has 0 aliphatic rings. The van der Waals surface area contributed by atoms with Crippen LogP contribution < -0.4 is 0 Å². The number of rotatable bonds is 1. The van der Waals surface area contributed by atoms with E-state index in [2.05, 4.69) is 11.8 Å². The Morgan fingerprint density at radius 3 is 2.62 bits per heavy atom. The molecule has 0 bridgehead atoms. The van der Waals surface area contributed by atoms with Crippen molar-refractivity contribution < 1.29 is 9.90 Å². The van der Waals surface area contributed by atoms with Crippen LogP contribution in [0.5, 0.6) is 0 Å². The third kappa shape index (κ3) is 3.78. The first-order valence-electron chi connectivity index (χ1n) is 3.75. The first-order valence-corrected chi connectivity index (χ1v) is 3.75. The van der Waals surface area contributed by atoms with Gasteiger partial charge in [-0.15, -0.1) is 0 Å². The van der Waals surface area contributed by atoms with E-state index in [9.17, 15) is 4.79 Å².